The third-order valence-electron chi connectivity index (χ3n) is 6.77. The maximum absolute atomic E-state index is 13.8. The molecule has 0 aliphatic carbocycles. The van der Waals surface area contributed by atoms with Gasteiger partial charge in [0.15, 0.2) is 5.78 Å². The minimum atomic E-state index is -4.55. The van der Waals surface area contributed by atoms with E-state index in [-0.39, 0.29) is 47.3 Å². The fourth-order valence-corrected chi connectivity index (χ4v) is 4.98. The van der Waals surface area contributed by atoms with Crippen LogP contribution in [0.15, 0.2) is 73.2 Å². The highest BCUT2D eigenvalue weighted by Crippen LogP contribution is 2.29. The molecular formula is C30H23ClF3N5O3. The lowest BCUT2D eigenvalue weighted by Crippen LogP contribution is -2.45. The standard InChI is InChI=1S/C30H23ClF3N5O3/c1-17-10-19-12-25(40)24(13-21-4-2-3-9-35-21)39(29(42)27(19)37-14-17)16-18-5-7-22(23(31)11-18)28(41)38-26-8-6-20(15-36-26)30(32,33)34/h2-11,14-15,24H,12-13,16H2,1H3,(H,36,38,41). The number of anilines is 1. The van der Waals surface area contributed by atoms with Gasteiger partial charge in [0, 0.05) is 43.7 Å². The lowest BCUT2D eigenvalue weighted by Gasteiger charge is -2.29. The van der Waals surface area contributed by atoms with Gasteiger partial charge in [-0.2, -0.15) is 13.2 Å². The first-order valence-electron chi connectivity index (χ1n) is 12.8. The van der Waals surface area contributed by atoms with E-state index in [0.717, 1.165) is 17.7 Å². The van der Waals surface area contributed by atoms with Crippen molar-refractivity contribution < 1.29 is 27.6 Å². The Hall–Kier alpha value is -4.64. The Bertz CT molecular complexity index is 1660. The lowest BCUT2D eigenvalue weighted by atomic mass is 9.99. The van der Waals surface area contributed by atoms with Crippen LogP contribution in [0.4, 0.5) is 19.0 Å². The van der Waals surface area contributed by atoms with Gasteiger partial charge in [-0.25, -0.2) is 4.98 Å². The number of hydrogen-bond acceptors (Lipinski definition) is 6. The third kappa shape index (κ3) is 6.31. The molecule has 0 fully saturated rings. The molecule has 4 heterocycles. The number of benzene rings is 1. The second kappa shape index (κ2) is 11.7. The minimum absolute atomic E-state index is 0.000844. The maximum atomic E-state index is 13.8. The normalized spacial score (nSPS) is 15.3. The van der Waals surface area contributed by atoms with Crippen molar-refractivity contribution in [2.24, 2.45) is 0 Å². The summed E-state index contributed by atoms with van der Waals surface area (Å²) < 4.78 is 38.4. The summed E-state index contributed by atoms with van der Waals surface area (Å²) in [6.45, 7) is 1.84. The van der Waals surface area contributed by atoms with Crippen LogP contribution in [0.3, 0.4) is 0 Å². The van der Waals surface area contributed by atoms with Gasteiger partial charge in [0.1, 0.15) is 11.5 Å². The predicted molar refractivity (Wildman–Crippen MR) is 148 cm³/mol. The largest absolute Gasteiger partial charge is 0.417 e. The summed E-state index contributed by atoms with van der Waals surface area (Å²) in [4.78, 5) is 53.8. The Kier molecular flexibility index (Phi) is 8.04. The SMILES string of the molecule is Cc1cnc2c(c1)CC(=O)C(Cc1ccccn1)N(Cc1ccc(C(=O)Nc3ccc(C(F)(F)F)cn3)c(Cl)c1)C2=O. The second-order valence-electron chi connectivity index (χ2n) is 9.84. The zero-order valence-electron chi connectivity index (χ0n) is 22.2. The lowest BCUT2D eigenvalue weighted by molar-refractivity contribution is -0.137. The van der Waals surface area contributed by atoms with Gasteiger partial charge in [-0.1, -0.05) is 29.8 Å². The summed E-state index contributed by atoms with van der Waals surface area (Å²) in [5.41, 5.74) is 1.88. The zero-order valence-corrected chi connectivity index (χ0v) is 22.9. The van der Waals surface area contributed by atoms with Crippen LogP contribution in [0.25, 0.3) is 0 Å². The quantitative estimate of drug-likeness (QED) is 0.317. The first-order valence-corrected chi connectivity index (χ1v) is 13.2. The molecule has 1 aliphatic rings. The molecule has 3 aromatic heterocycles. The number of rotatable bonds is 6. The van der Waals surface area contributed by atoms with Crippen LogP contribution in [0.2, 0.25) is 5.02 Å². The van der Waals surface area contributed by atoms with E-state index in [2.05, 4.69) is 20.3 Å². The fourth-order valence-electron chi connectivity index (χ4n) is 4.69. The van der Waals surface area contributed by atoms with E-state index in [0.29, 0.717) is 23.0 Å². The third-order valence-corrected chi connectivity index (χ3v) is 7.08. The summed E-state index contributed by atoms with van der Waals surface area (Å²) in [5, 5.41) is 2.47. The molecule has 0 radical (unpaired) electrons. The number of ketones is 1. The molecule has 214 valence electrons. The molecule has 42 heavy (non-hydrogen) atoms. The highest BCUT2D eigenvalue weighted by molar-refractivity contribution is 6.34. The Morgan fingerprint density at radius 1 is 1.05 bits per heavy atom. The first-order chi connectivity index (χ1) is 20.0. The van der Waals surface area contributed by atoms with Gasteiger partial charge in [0.05, 0.1) is 22.2 Å². The minimum Gasteiger partial charge on any atom is -0.323 e. The number of carbonyl (C=O) groups is 3. The highest BCUT2D eigenvalue weighted by atomic mass is 35.5. The first kappa shape index (κ1) is 28.9. The highest BCUT2D eigenvalue weighted by Gasteiger charge is 2.36. The number of alkyl halides is 3. The van der Waals surface area contributed by atoms with Crippen LogP contribution >= 0.6 is 11.6 Å². The Morgan fingerprint density at radius 3 is 2.52 bits per heavy atom. The van der Waals surface area contributed by atoms with E-state index < -0.39 is 29.6 Å². The Labute approximate surface area is 243 Å². The average Bonchev–Trinajstić information content (AvgIpc) is 3.03. The van der Waals surface area contributed by atoms with E-state index in [1.54, 1.807) is 42.7 Å². The molecule has 1 N–H and O–H groups in total. The number of pyridine rings is 3. The van der Waals surface area contributed by atoms with E-state index in [1.165, 1.54) is 17.0 Å². The number of aromatic nitrogens is 3. The number of fused-ring (bicyclic) bond motifs is 1. The predicted octanol–water partition coefficient (Wildman–Crippen LogP) is 5.48. The van der Waals surface area contributed by atoms with Crippen molar-refractivity contribution in [3.63, 3.8) is 0 Å². The molecule has 4 aromatic rings. The molecule has 2 amide bonds. The van der Waals surface area contributed by atoms with Crippen molar-refractivity contribution in [1.82, 2.24) is 19.9 Å². The average molecular weight is 594 g/mol. The summed E-state index contributed by atoms with van der Waals surface area (Å²) in [6, 6.07) is 12.7. The van der Waals surface area contributed by atoms with E-state index in [4.69, 9.17) is 11.6 Å². The molecule has 5 rings (SSSR count). The number of halogens is 4. The molecule has 0 bridgehead atoms. The summed E-state index contributed by atoms with van der Waals surface area (Å²) in [6.07, 6.45) is -0.494. The van der Waals surface area contributed by atoms with Gasteiger partial charge in [-0.05, 0) is 60.0 Å². The number of Topliss-reactive ketones (excluding diaryl/α,β-unsaturated/α-hetero) is 1. The molecule has 1 unspecified atom stereocenters. The van der Waals surface area contributed by atoms with Crippen LogP contribution in [-0.2, 0) is 30.4 Å². The van der Waals surface area contributed by atoms with Crippen LogP contribution < -0.4 is 5.32 Å². The van der Waals surface area contributed by atoms with Gasteiger partial charge in [0.25, 0.3) is 11.8 Å². The Balaban J connectivity index is 1.40. The van der Waals surface area contributed by atoms with Crippen molar-refractivity contribution in [3.8, 4) is 0 Å². The molecule has 1 aromatic carbocycles. The molecule has 8 nitrogen and oxygen atoms in total. The topological polar surface area (TPSA) is 105 Å². The smallest absolute Gasteiger partial charge is 0.323 e. The molecule has 0 saturated carbocycles. The van der Waals surface area contributed by atoms with Gasteiger partial charge in [-0.3, -0.25) is 24.4 Å². The van der Waals surface area contributed by atoms with Crippen molar-refractivity contribution in [1.29, 1.82) is 0 Å². The summed E-state index contributed by atoms with van der Waals surface area (Å²) in [5.74, 6) is -1.34. The van der Waals surface area contributed by atoms with E-state index in [1.807, 2.05) is 6.92 Å². The van der Waals surface area contributed by atoms with Crippen LogP contribution in [0, 0.1) is 6.92 Å². The number of hydrogen-bond donors (Lipinski definition) is 1. The van der Waals surface area contributed by atoms with Crippen molar-refractivity contribution >= 4 is 35.0 Å². The van der Waals surface area contributed by atoms with E-state index in [9.17, 15) is 27.6 Å². The van der Waals surface area contributed by atoms with Gasteiger partial charge in [-0.15, -0.1) is 0 Å². The second-order valence-corrected chi connectivity index (χ2v) is 10.2. The zero-order chi connectivity index (χ0) is 30.0. The summed E-state index contributed by atoms with van der Waals surface area (Å²) >= 11 is 6.43. The summed E-state index contributed by atoms with van der Waals surface area (Å²) in [7, 11) is 0. The molecule has 1 atom stereocenters. The molecule has 1 aliphatic heterocycles. The van der Waals surface area contributed by atoms with Crippen LogP contribution in [-0.4, -0.2) is 43.5 Å². The molecule has 12 heteroatoms. The number of nitrogens with one attached hydrogen (secondary N) is 1. The number of nitrogens with zero attached hydrogens (tertiary/aromatic N) is 4. The van der Waals surface area contributed by atoms with Gasteiger partial charge < -0.3 is 10.2 Å². The van der Waals surface area contributed by atoms with Crippen LogP contribution in [0.5, 0.6) is 0 Å². The molecular weight excluding hydrogens is 571 g/mol. The van der Waals surface area contributed by atoms with Crippen molar-refractivity contribution in [2.45, 2.75) is 38.5 Å². The Morgan fingerprint density at radius 2 is 1.86 bits per heavy atom. The number of aryl methyl sites for hydroxylation is 1. The maximum Gasteiger partial charge on any atom is 0.417 e. The van der Waals surface area contributed by atoms with Crippen LogP contribution in [0.1, 0.15) is 48.8 Å². The van der Waals surface area contributed by atoms with E-state index >= 15 is 0 Å². The van der Waals surface area contributed by atoms with Crippen molar-refractivity contribution in [3.05, 3.63) is 117 Å². The number of amides is 2. The fraction of sp³-hybridized carbons (Fsp3) is 0.200. The number of carbonyl (C=O) groups excluding carboxylic acids is 3. The van der Waals surface area contributed by atoms with Crippen molar-refractivity contribution in [2.75, 3.05) is 5.32 Å². The van der Waals surface area contributed by atoms with Gasteiger partial charge in [0.2, 0.25) is 0 Å². The monoisotopic (exact) mass is 593 g/mol. The molecule has 0 spiro atoms. The molecule has 0 saturated heterocycles. The van der Waals surface area contributed by atoms with Gasteiger partial charge >= 0.3 is 6.18 Å².